The van der Waals surface area contributed by atoms with E-state index in [0.29, 0.717) is 0 Å². The Balaban J connectivity index is 2.26. The molecule has 0 saturated carbocycles. The summed E-state index contributed by atoms with van der Waals surface area (Å²) in [4.78, 5) is 1.53. The lowest BCUT2D eigenvalue weighted by Crippen LogP contribution is -1.84. The molecule has 0 aliphatic carbocycles. The van der Waals surface area contributed by atoms with Gasteiger partial charge in [0.2, 0.25) is 0 Å². The molecule has 84 valence electrons. The van der Waals surface area contributed by atoms with Gasteiger partial charge in [-0.3, -0.25) is 0 Å². The molecular formula is C14H15IS. The predicted molar refractivity (Wildman–Crippen MR) is 81.1 cm³/mol. The third kappa shape index (κ3) is 2.86. The lowest BCUT2D eigenvalue weighted by atomic mass is 10.0. The van der Waals surface area contributed by atoms with Crippen molar-refractivity contribution in [3.63, 3.8) is 0 Å². The van der Waals surface area contributed by atoms with Gasteiger partial charge in [-0.15, -0.1) is 11.3 Å². The highest BCUT2D eigenvalue weighted by Crippen LogP contribution is 2.29. The Labute approximate surface area is 115 Å². The summed E-state index contributed by atoms with van der Waals surface area (Å²) in [7, 11) is 0. The highest BCUT2D eigenvalue weighted by atomic mass is 127. The third-order valence-electron chi connectivity index (χ3n) is 2.66. The van der Waals surface area contributed by atoms with Crippen LogP contribution in [0.2, 0.25) is 0 Å². The summed E-state index contributed by atoms with van der Waals surface area (Å²) in [5.74, 6) is 0. The molecule has 0 aliphatic rings. The lowest BCUT2D eigenvalue weighted by molar-refractivity contribution is 0.805. The van der Waals surface area contributed by atoms with Gasteiger partial charge in [0.15, 0.2) is 0 Å². The zero-order chi connectivity index (χ0) is 11.4. The van der Waals surface area contributed by atoms with E-state index in [1.165, 1.54) is 38.8 Å². The Bertz CT molecular complexity index is 442. The summed E-state index contributed by atoms with van der Waals surface area (Å²) in [5, 5.41) is 2.21. The lowest BCUT2D eigenvalue weighted by Gasteiger charge is -2.03. The number of rotatable bonds is 4. The average Bonchev–Trinajstić information content (AvgIpc) is 2.75. The molecule has 2 aromatic rings. The second-order valence-electron chi connectivity index (χ2n) is 3.87. The van der Waals surface area contributed by atoms with E-state index in [4.69, 9.17) is 0 Å². The van der Waals surface area contributed by atoms with Gasteiger partial charge < -0.3 is 0 Å². The average molecular weight is 342 g/mol. The topological polar surface area (TPSA) is 0 Å². The number of aryl methyl sites for hydroxylation is 1. The number of benzene rings is 1. The van der Waals surface area contributed by atoms with Crippen LogP contribution in [0.15, 0.2) is 35.7 Å². The second kappa shape index (κ2) is 5.82. The zero-order valence-corrected chi connectivity index (χ0v) is 12.3. The Kier molecular flexibility index (Phi) is 4.41. The molecule has 2 rings (SSSR count). The Hall–Kier alpha value is -0.350. The predicted octanol–water partition coefficient (Wildman–Crippen LogP) is 5.36. The molecule has 0 nitrogen and oxygen atoms in total. The number of hydrogen-bond donors (Lipinski definition) is 0. The van der Waals surface area contributed by atoms with Crippen molar-refractivity contribution in [1.82, 2.24) is 0 Å². The molecule has 0 fully saturated rings. The highest BCUT2D eigenvalue weighted by molar-refractivity contribution is 14.1. The fraction of sp³-hybridized carbons (Fsp3) is 0.286. The normalized spacial score (nSPS) is 10.6. The zero-order valence-electron chi connectivity index (χ0n) is 9.37. The van der Waals surface area contributed by atoms with Crippen molar-refractivity contribution in [3.8, 4) is 11.1 Å². The van der Waals surface area contributed by atoms with Crippen LogP contribution >= 0.6 is 33.9 Å². The Morgan fingerprint density at radius 2 is 1.88 bits per heavy atom. The minimum Gasteiger partial charge on any atom is -0.148 e. The van der Waals surface area contributed by atoms with Crippen LogP contribution in [0.5, 0.6) is 0 Å². The first-order chi connectivity index (χ1) is 7.81. The van der Waals surface area contributed by atoms with Crippen LogP contribution in [0.4, 0.5) is 0 Å². The molecule has 1 aromatic heterocycles. The van der Waals surface area contributed by atoms with Gasteiger partial charge >= 0.3 is 0 Å². The van der Waals surface area contributed by atoms with E-state index >= 15 is 0 Å². The number of thiophene rings is 1. The van der Waals surface area contributed by atoms with Crippen LogP contribution in [0.3, 0.4) is 0 Å². The summed E-state index contributed by atoms with van der Waals surface area (Å²) >= 11 is 4.23. The molecule has 1 aromatic carbocycles. The van der Waals surface area contributed by atoms with Gasteiger partial charge in [-0.1, -0.05) is 25.5 Å². The maximum absolute atomic E-state index is 2.35. The Morgan fingerprint density at radius 1 is 1.12 bits per heavy atom. The maximum Gasteiger partial charge on any atom is 0.0130 e. The molecule has 0 atom stereocenters. The number of hydrogen-bond acceptors (Lipinski definition) is 1. The summed E-state index contributed by atoms with van der Waals surface area (Å²) in [6.45, 7) is 2.25. The fourth-order valence-corrected chi connectivity index (χ4v) is 3.06. The summed E-state index contributed by atoms with van der Waals surface area (Å²) in [6.07, 6.45) is 3.78. The first-order valence-corrected chi connectivity index (χ1v) is 7.59. The monoisotopic (exact) mass is 342 g/mol. The summed E-state index contributed by atoms with van der Waals surface area (Å²) < 4.78 is 1.30. The quantitative estimate of drug-likeness (QED) is 0.656. The molecule has 0 spiro atoms. The van der Waals surface area contributed by atoms with Crippen LogP contribution < -0.4 is 0 Å². The van der Waals surface area contributed by atoms with Gasteiger partial charge in [-0.05, 0) is 70.1 Å². The van der Waals surface area contributed by atoms with Gasteiger partial charge in [0, 0.05) is 8.45 Å². The molecular weight excluding hydrogens is 327 g/mol. The van der Waals surface area contributed by atoms with Crippen molar-refractivity contribution in [1.29, 1.82) is 0 Å². The standard InChI is InChI=1S/C14H15IS/c1-2-3-4-14-13(9-10-16-14)11-5-7-12(15)8-6-11/h5-10H,2-4H2,1H3. The SMILES string of the molecule is CCCCc1sccc1-c1ccc(I)cc1. The smallest absolute Gasteiger partial charge is 0.0130 e. The van der Waals surface area contributed by atoms with E-state index in [1.807, 2.05) is 11.3 Å². The van der Waals surface area contributed by atoms with Gasteiger partial charge in [0.25, 0.3) is 0 Å². The molecule has 0 amide bonds. The van der Waals surface area contributed by atoms with Crippen LogP contribution in [0.1, 0.15) is 24.6 Å². The first kappa shape index (κ1) is 12.1. The molecule has 0 unspecified atom stereocenters. The molecule has 0 radical (unpaired) electrons. The van der Waals surface area contributed by atoms with E-state index in [9.17, 15) is 0 Å². The van der Waals surface area contributed by atoms with Gasteiger partial charge in [0.1, 0.15) is 0 Å². The molecule has 0 N–H and O–H groups in total. The second-order valence-corrected chi connectivity index (χ2v) is 6.11. The number of unbranched alkanes of at least 4 members (excludes halogenated alkanes) is 1. The van der Waals surface area contributed by atoms with E-state index in [-0.39, 0.29) is 0 Å². The summed E-state index contributed by atoms with van der Waals surface area (Å²) in [5.41, 5.74) is 2.78. The minimum absolute atomic E-state index is 1.22. The Morgan fingerprint density at radius 3 is 2.56 bits per heavy atom. The van der Waals surface area contributed by atoms with E-state index < -0.39 is 0 Å². The maximum atomic E-state index is 2.35. The summed E-state index contributed by atoms with van der Waals surface area (Å²) in [6, 6.07) is 11.0. The fourth-order valence-electron chi connectivity index (χ4n) is 1.76. The molecule has 0 aliphatic heterocycles. The molecule has 1 heterocycles. The minimum atomic E-state index is 1.22. The van der Waals surface area contributed by atoms with Gasteiger partial charge in [0.05, 0.1) is 0 Å². The molecule has 2 heteroatoms. The van der Waals surface area contributed by atoms with Gasteiger partial charge in [-0.2, -0.15) is 0 Å². The molecule has 0 bridgehead atoms. The number of halogens is 1. The van der Waals surface area contributed by atoms with Crippen LogP contribution in [0, 0.1) is 3.57 Å². The van der Waals surface area contributed by atoms with Crippen molar-refractivity contribution < 1.29 is 0 Å². The van der Waals surface area contributed by atoms with E-state index in [2.05, 4.69) is 65.2 Å². The van der Waals surface area contributed by atoms with Gasteiger partial charge in [-0.25, -0.2) is 0 Å². The van der Waals surface area contributed by atoms with E-state index in [0.717, 1.165) is 0 Å². The van der Waals surface area contributed by atoms with Crippen molar-refractivity contribution in [2.45, 2.75) is 26.2 Å². The van der Waals surface area contributed by atoms with Crippen LogP contribution in [0.25, 0.3) is 11.1 Å². The third-order valence-corrected chi connectivity index (χ3v) is 4.36. The van der Waals surface area contributed by atoms with E-state index in [1.54, 1.807) is 0 Å². The molecule has 0 saturated heterocycles. The molecule has 16 heavy (non-hydrogen) atoms. The largest absolute Gasteiger partial charge is 0.148 e. The van der Waals surface area contributed by atoms with Crippen LogP contribution in [-0.4, -0.2) is 0 Å². The first-order valence-electron chi connectivity index (χ1n) is 5.63. The van der Waals surface area contributed by atoms with Crippen molar-refractivity contribution in [2.24, 2.45) is 0 Å². The van der Waals surface area contributed by atoms with Crippen molar-refractivity contribution >= 4 is 33.9 Å². The highest BCUT2D eigenvalue weighted by Gasteiger charge is 2.05. The van der Waals surface area contributed by atoms with Crippen molar-refractivity contribution in [2.75, 3.05) is 0 Å². The van der Waals surface area contributed by atoms with Crippen molar-refractivity contribution in [3.05, 3.63) is 44.2 Å². The van der Waals surface area contributed by atoms with Crippen LogP contribution in [-0.2, 0) is 6.42 Å².